The predicted molar refractivity (Wildman–Crippen MR) is 91.5 cm³/mol. The Hall–Kier alpha value is -2.35. The number of hydrogen-bond acceptors (Lipinski definition) is 5. The number of likely N-dealkylation sites (tertiary alicyclic amines) is 1. The minimum atomic E-state index is 0.218. The summed E-state index contributed by atoms with van der Waals surface area (Å²) in [7, 11) is 3.64. The smallest absolute Gasteiger partial charge is 0.191 e. The van der Waals surface area contributed by atoms with Crippen molar-refractivity contribution in [2.45, 2.75) is 25.4 Å². The first-order chi connectivity index (χ1) is 11.8. The molecule has 1 fully saturated rings. The van der Waals surface area contributed by atoms with Crippen LogP contribution >= 0.6 is 0 Å². The van der Waals surface area contributed by atoms with Crippen LogP contribution in [-0.4, -0.2) is 52.3 Å². The summed E-state index contributed by atoms with van der Waals surface area (Å²) < 4.78 is 7.39. The lowest BCUT2D eigenvalue weighted by molar-refractivity contribution is 0.215. The van der Waals surface area contributed by atoms with Crippen LogP contribution in [0.5, 0.6) is 0 Å². The summed E-state index contributed by atoms with van der Waals surface area (Å²) in [5, 5.41) is 10.7. The fourth-order valence-corrected chi connectivity index (χ4v) is 3.00. The monoisotopic (exact) mass is 331 g/mol. The zero-order chi connectivity index (χ0) is 16.8. The molecule has 1 aliphatic rings. The van der Waals surface area contributed by atoms with Crippen LogP contribution in [0.1, 0.15) is 30.5 Å². The first kappa shape index (κ1) is 16.5. The maximum absolute atomic E-state index is 5.65. The first-order valence-electron chi connectivity index (χ1n) is 8.33. The van der Waals surface area contributed by atoms with Crippen molar-refractivity contribution in [3.05, 3.63) is 36.3 Å². The van der Waals surface area contributed by atoms with Crippen LogP contribution in [0.15, 0.2) is 34.1 Å². The molecule has 0 spiro atoms. The van der Waals surface area contributed by atoms with Crippen LogP contribution in [-0.2, 0) is 13.6 Å². The zero-order valence-corrected chi connectivity index (χ0v) is 14.3. The van der Waals surface area contributed by atoms with Crippen LogP contribution in [0, 0.1) is 0 Å². The number of furan rings is 1. The number of aromatic nitrogens is 3. The van der Waals surface area contributed by atoms with Crippen LogP contribution < -0.4 is 10.6 Å². The molecule has 0 radical (unpaired) electrons. The SMILES string of the molecule is CN=C(NCc1ncnn1C)NCC(c1ccco1)N1CCCC1. The van der Waals surface area contributed by atoms with E-state index in [0.717, 1.165) is 37.2 Å². The summed E-state index contributed by atoms with van der Waals surface area (Å²) in [5.74, 6) is 2.60. The minimum Gasteiger partial charge on any atom is -0.468 e. The van der Waals surface area contributed by atoms with Crippen molar-refractivity contribution in [2.24, 2.45) is 12.0 Å². The summed E-state index contributed by atoms with van der Waals surface area (Å²) in [5.41, 5.74) is 0. The molecule has 0 saturated carbocycles. The molecule has 3 rings (SSSR count). The maximum Gasteiger partial charge on any atom is 0.191 e. The van der Waals surface area contributed by atoms with Crippen molar-refractivity contribution >= 4 is 5.96 Å². The fraction of sp³-hybridized carbons (Fsp3) is 0.562. The number of nitrogens with zero attached hydrogens (tertiary/aromatic N) is 5. The van der Waals surface area contributed by atoms with E-state index in [2.05, 4.69) is 30.6 Å². The molecule has 1 saturated heterocycles. The van der Waals surface area contributed by atoms with E-state index >= 15 is 0 Å². The highest BCUT2D eigenvalue weighted by Gasteiger charge is 2.25. The van der Waals surface area contributed by atoms with Crippen molar-refractivity contribution < 1.29 is 4.42 Å². The Morgan fingerprint density at radius 1 is 1.38 bits per heavy atom. The van der Waals surface area contributed by atoms with Gasteiger partial charge in [0.1, 0.15) is 17.9 Å². The average molecular weight is 331 g/mol. The van der Waals surface area contributed by atoms with E-state index < -0.39 is 0 Å². The third-order valence-corrected chi connectivity index (χ3v) is 4.36. The lowest BCUT2D eigenvalue weighted by Crippen LogP contribution is -2.42. The minimum absolute atomic E-state index is 0.218. The van der Waals surface area contributed by atoms with Gasteiger partial charge >= 0.3 is 0 Å². The van der Waals surface area contributed by atoms with Gasteiger partial charge in [0.2, 0.25) is 0 Å². The number of aryl methyl sites for hydroxylation is 1. The molecule has 1 atom stereocenters. The highest BCUT2D eigenvalue weighted by molar-refractivity contribution is 5.79. The third-order valence-electron chi connectivity index (χ3n) is 4.36. The second-order valence-corrected chi connectivity index (χ2v) is 5.88. The van der Waals surface area contributed by atoms with Gasteiger partial charge in [-0.3, -0.25) is 14.6 Å². The second-order valence-electron chi connectivity index (χ2n) is 5.88. The van der Waals surface area contributed by atoms with Gasteiger partial charge in [0.05, 0.1) is 18.8 Å². The highest BCUT2D eigenvalue weighted by Crippen LogP contribution is 2.24. The van der Waals surface area contributed by atoms with Crippen molar-refractivity contribution in [3.63, 3.8) is 0 Å². The van der Waals surface area contributed by atoms with E-state index in [1.807, 2.05) is 19.2 Å². The summed E-state index contributed by atoms with van der Waals surface area (Å²) in [6.07, 6.45) is 5.78. The molecule has 8 nitrogen and oxygen atoms in total. The molecule has 2 aromatic rings. The molecule has 0 amide bonds. The number of rotatable bonds is 6. The van der Waals surface area contributed by atoms with E-state index in [1.165, 1.54) is 12.8 Å². The lowest BCUT2D eigenvalue weighted by atomic mass is 10.2. The number of aliphatic imine (C=N–C) groups is 1. The summed E-state index contributed by atoms with van der Waals surface area (Å²) >= 11 is 0. The van der Waals surface area contributed by atoms with E-state index in [4.69, 9.17) is 4.42 Å². The van der Waals surface area contributed by atoms with Gasteiger partial charge in [-0.1, -0.05) is 0 Å². The standard InChI is InChI=1S/C16H25N7O/c1-17-16(19-11-15-20-12-21-22(15)2)18-10-13(14-6-5-9-24-14)23-7-3-4-8-23/h5-6,9,12-13H,3-4,7-8,10-11H2,1-2H3,(H2,17,18,19). The van der Waals surface area contributed by atoms with Gasteiger partial charge < -0.3 is 15.1 Å². The quantitative estimate of drug-likeness (QED) is 0.605. The summed E-state index contributed by atoms with van der Waals surface area (Å²) in [6.45, 7) is 3.54. The molecule has 1 unspecified atom stereocenters. The highest BCUT2D eigenvalue weighted by atomic mass is 16.3. The van der Waals surface area contributed by atoms with Crippen molar-refractivity contribution in [1.82, 2.24) is 30.3 Å². The van der Waals surface area contributed by atoms with Gasteiger partial charge in [-0.2, -0.15) is 5.10 Å². The molecule has 0 bridgehead atoms. The number of nitrogens with one attached hydrogen (secondary N) is 2. The van der Waals surface area contributed by atoms with Crippen LogP contribution in [0.4, 0.5) is 0 Å². The Kier molecular flexibility index (Phi) is 5.47. The molecule has 2 aromatic heterocycles. The van der Waals surface area contributed by atoms with Gasteiger partial charge in [-0.25, -0.2) is 4.98 Å². The van der Waals surface area contributed by atoms with Gasteiger partial charge in [-0.05, 0) is 38.1 Å². The molecular weight excluding hydrogens is 306 g/mol. The largest absolute Gasteiger partial charge is 0.468 e. The molecule has 24 heavy (non-hydrogen) atoms. The van der Waals surface area contributed by atoms with Crippen LogP contribution in [0.25, 0.3) is 0 Å². The molecular formula is C16H25N7O. The maximum atomic E-state index is 5.65. The third kappa shape index (κ3) is 3.94. The van der Waals surface area contributed by atoms with E-state index in [9.17, 15) is 0 Å². The predicted octanol–water partition coefficient (Wildman–Crippen LogP) is 0.910. The average Bonchev–Trinajstić information content (AvgIpc) is 3.34. The molecule has 8 heteroatoms. The Morgan fingerprint density at radius 3 is 2.83 bits per heavy atom. The normalized spacial score (nSPS) is 17.2. The molecule has 130 valence electrons. The Labute approximate surface area is 142 Å². The Bertz CT molecular complexity index is 643. The number of hydrogen-bond donors (Lipinski definition) is 2. The van der Waals surface area contributed by atoms with E-state index in [0.29, 0.717) is 6.54 Å². The van der Waals surface area contributed by atoms with Gasteiger partial charge in [0, 0.05) is 20.6 Å². The molecule has 3 heterocycles. The topological polar surface area (TPSA) is 83.5 Å². The fourth-order valence-electron chi connectivity index (χ4n) is 3.00. The molecule has 0 aliphatic carbocycles. The Morgan fingerprint density at radius 2 is 2.21 bits per heavy atom. The van der Waals surface area contributed by atoms with Gasteiger partial charge in [0.15, 0.2) is 5.96 Å². The van der Waals surface area contributed by atoms with Gasteiger partial charge in [0.25, 0.3) is 0 Å². The van der Waals surface area contributed by atoms with Crippen molar-refractivity contribution in [3.8, 4) is 0 Å². The zero-order valence-electron chi connectivity index (χ0n) is 14.3. The van der Waals surface area contributed by atoms with Crippen molar-refractivity contribution in [2.75, 3.05) is 26.7 Å². The summed E-state index contributed by atoms with van der Waals surface area (Å²) in [4.78, 5) is 10.9. The number of guanidine groups is 1. The van der Waals surface area contributed by atoms with E-state index in [-0.39, 0.29) is 6.04 Å². The Balaban J connectivity index is 1.57. The molecule has 1 aliphatic heterocycles. The molecule has 2 N–H and O–H groups in total. The summed E-state index contributed by atoms with van der Waals surface area (Å²) in [6, 6.07) is 4.20. The van der Waals surface area contributed by atoms with Gasteiger partial charge in [-0.15, -0.1) is 0 Å². The first-order valence-corrected chi connectivity index (χ1v) is 8.33. The van der Waals surface area contributed by atoms with Crippen LogP contribution in [0.2, 0.25) is 0 Å². The second kappa shape index (κ2) is 7.96. The van der Waals surface area contributed by atoms with E-state index in [1.54, 1.807) is 24.3 Å². The molecule has 0 aromatic carbocycles. The van der Waals surface area contributed by atoms with Crippen LogP contribution in [0.3, 0.4) is 0 Å². The lowest BCUT2D eigenvalue weighted by Gasteiger charge is -2.26. The van der Waals surface area contributed by atoms with Crippen molar-refractivity contribution in [1.29, 1.82) is 0 Å².